The molecule has 0 spiro atoms. The Hall–Kier alpha value is 0.340. The fourth-order valence-electron chi connectivity index (χ4n) is 1.74. The zero-order valence-corrected chi connectivity index (χ0v) is 15.8. The van der Waals surface area contributed by atoms with Gasteiger partial charge in [-0.15, -0.1) is 0 Å². The Kier molecular flexibility index (Phi) is 19.9. The second-order valence-electron chi connectivity index (χ2n) is 4.44. The van der Waals surface area contributed by atoms with E-state index in [4.69, 9.17) is 0 Å². The van der Waals surface area contributed by atoms with Gasteiger partial charge in [0.25, 0.3) is 10.4 Å². The van der Waals surface area contributed by atoms with Crippen LogP contribution in [0.25, 0.3) is 0 Å². The van der Waals surface area contributed by atoms with Crippen LogP contribution in [0.1, 0.15) is 71.1 Å². The summed E-state index contributed by atoms with van der Waals surface area (Å²) in [6.45, 7) is 2.18. The molecule has 0 aromatic heterocycles. The molecular weight excluding hydrogens is 293 g/mol. The number of carbonyl (C=O) groups is 1. The quantitative estimate of drug-likeness (QED) is 0.271. The van der Waals surface area contributed by atoms with Gasteiger partial charge in [-0.25, -0.2) is 8.42 Å². The van der Waals surface area contributed by atoms with Crippen LogP contribution < -0.4 is 6.15 Å². The summed E-state index contributed by atoms with van der Waals surface area (Å²) in [4.78, 5) is 10.9. The maximum atomic E-state index is 10.9. The van der Waals surface area contributed by atoms with Gasteiger partial charge in [-0.05, 0) is 6.42 Å². The Labute approximate surface area is 144 Å². The fourth-order valence-corrected chi connectivity index (χ4v) is 2.05. The molecule has 4 N–H and O–H groups in total. The molecule has 0 amide bonds. The zero-order valence-electron chi connectivity index (χ0n) is 13.0. The number of hydrogen-bond acceptors (Lipinski definition) is 5. The van der Waals surface area contributed by atoms with Crippen molar-refractivity contribution in [1.29, 1.82) is 0 Å². The Morgan fingerprint density at radius 1 is 0.950 bits per heavy atom. The van der Waals surface area contributed by atoms with Gasteiger partial charge in [0.1, 0.15) is 0 Å². The standard InChI is InChI=1S/C12H24O5S.H3N.Na/c1-2-3-4-5-6-7-8-9-10-11-12(13)17-18(14,15)16;;/h2-11H2,1H3,(H,14,15,16);1H3;. The summed E-state index contributed by atoms with van der Waals surface area (Å²) >= 11 is 0. The number of carbonyl (C=O) groups excluding carboxylic acids is 1. The first-order valence-corrected chi connectivity index (χ1v) is 7.97. The molecule has 8 heteroatoms. The van der Waals surface area contributed by atoms with E-state index in [1.165, 1.54) is 32.1 Å². The van der Waals surface area contributed by atoms with Gasteiger partial charge in [-0.2, -0.15) is 0 Å². The molecule has 0 fully saturated rings. The molecule has 0 heterocycles. The van der Waals surface area contributed by atoms with E-state index >= 15 is 0 Å². The minimum absolute atomic E-state index is 0. The minimum Gasteiger partial charge on any atom is -0.716 e. The van der Waals surface area contributed by atoms with Crippen molar-refractivity contribution in [3.63, 3.8) is 0 Å². The van der Waals surface area contributed by atoms with E-state index in [1.54, 1.807) is 0 Å². The first-order valence-electron chi connectivity index (χ1n) is 6.64. The average molecular weight is 320 g/mol. The molecule has 0 bridgehead atoms. The molecule has 1 radical (unpaired) electrons. The molecule has 0 saturated carbocycles. The summed E-state index contributed by atoms with van der Waals surface area (Å²) in [5.41, 5.74) is 0. The van der Waals surface area contributed by atoms with Crippen LogP contribution in [0.2, 0.25) is 0 Å². The Morgan fingerprint density at radius 2 is 1.35 bits per heavy atom. The smallest absolute Gasteiger partial charge is 0.321 e. The van der Waals surface area contributed by atoms with Crippen LogP contribution >= 0.6 is 0 Å². The van der Waals surface area contributed by atoms with E-state index in [0.29, 0.717) is 6.42 Å². The van der Waals surface area contributed by atoms with Crippen LogP contribution in [-0.4, -0.2) is 48.5 Å². The molecule has 117 valence electrons. The van der Waals surface area contributed by atoms with Crippen LogP contribution in [0, 0.1) is 0 Å². The van der Waals surface area contributed by atoms with Crippen molar-refractivity contribution < 1.29 is 21.9 Å². The predicted octanol–water partition coefficient (Wildman–Crippen LogP) is 2.91. The summed E-state index contributed by atoms with van der Waals surface area (Å²) in [5.74, 6) is -0.951. The molecular formula is C12H27NNaO5S. The van der Waals surface area contributed by atoms with Crippen LogP contribution in [0.15, 0.2) is 0 Å². The third-order valence-corrected chi connectivity index (χ3v) is 3.07. The Morgan fingerprint density at radius 3 is 1.75 bits per heavy atom. The molecule has 0 aromatic rings. The molecule has 0 aliphatic heterocycles. The summed E-state index contributed by atoms with van der Waals surface area (Å²) in [5, 5.41) is 0. The van der Waals surface area contributed by atoms with Crippen LogP contribution in [-0.2, 0) is 19.4 Å². The Balaban J connectivity index is -0.00000144. The van der Waals surface area contributed by atoms with E-state index in [9.17, 15) is 17.8 Å². The first kappa shape index (κ1) is 25.3. The molecule has 0 aliphatic carbocycles. The van der Waals surface area contributed by atoms with Gasteiger partial charge in [0.05, 0.1) is 0 Å². The number of rotatable bonds is 11. The van der Waals surface area contributed by atoms with Gasteiger partial charge in [-0.1, -0.05) is 58.3 Å². The van der Waals surface area contributed by atoms with E-state index in [2.05, 4.69) is 11.1 Å². The molecule has 0 aromatic carbocycles. The monoisotopic (exact) mass is 320 g/mol. The van der Waals surface area contributed by atoms with Gasteiger partial charge in [-0.3, -0.25) is 4.79 Å². The Bertz CT molecular complexity index is 322. The van der Waals surface area contributed by atoms with Crippen LogP contribution in [0.5, 0.6) is 0 Å². The van der Waals surface area contributed by atoms with Crippen molar-refractivity contribution in [3.8, 4) is 0 Å². The molecule has 6 nitrogen and oxygen atoms in total. The topological polar surface area (TPSA) is 120 Å². The summed E-state index contributed by atoms with van der Waals surface area (Å²) in [7, 11) is -4.88. The van der Waals surface area contributed by atoms with Crippen molar-refractivity contribution in [1.82, 2.24) is 6.15 Å². The van der Waals surface area contributed by atoms with Crippen LogP contribution in [0.3, 0.4) is 0 Å². The van der Waals surface area contributed by atoms with Crippen molar-refractivity contribution in [2.75, 3.05) is 0 Å². The van der Waals surface area contributed by atoms with Gasteiger partial charge in [0.2, 0.25) is 0 Å². The third-order valence-electron chi connectivity index (χ3n) is 2.68. The van der Waals surface area contributed by atoms with E-state index in [-0.39, 0.29) is 42.1 Å². The molecule has 0 unspecified atom stereocenters. The molecule has 20 heavy (non-hydrogen) atoms. The largest absolute Gasteiger partial charge is 0.716 e. The minimum atomic E-state index is -4.88. The molecule has 0 aliphatic rings. The SMILES string of the molecule is CCCCCCCCCCCC(=O)OS(=O)(=O)[O-].[NH4+].[Na]. The van der Waals surface area contributed by atoms with Crippen LogP contribution in [0.4, 0.5) is 0 Å². The van der Waals surface area contributed by atoms with Crippen molar-refractivity contribution in [2.24, 2.45) is 0 Å². The van der Waals surface area contributed by atoms with E-state index in [1.807, 2.05) is 0 Å². The average Bonchev–Trinajstić information content (AvgIpc) is 2.24. The molecule has 0 saturated heterocycles. The number of hydrogen-bond donors (Lipinski definition) is 1. The third kappa shape index (κ3) is 20.7. The maximum Gasteiger partial charge on any atom is 0.321 e. The fraction of sp³-hybridized carbons (Fsp3) is 0.917. The summed E-state index contributed by atoms with van der Waals surface area (Å²) in [6, 6.07) is 0. The van der Waals surface area contributed by atoms with Crippen molar-refractivity contribution in [3.05, 3.63) is 0 Å². The normalized spacial score (nSPS) is 10.3. The van der Waals surface area contributed by atoms with Gasteiger partial charge < -0.3 is 14.9 Å². The van der Waals surface area contributed by atoms with Crippen molar-refractivity contribution >= 4 is 45.9 Å². The second kappa shape index (κ2) is 15.7. The number of unbranched alkanes of at least 4 members (excludes halogenated alkanes) is 8. The number of quaternary nitrogens is 1. The molecule has 0 rings (SSSR count). The van der Waals surface area contributed by atoms with Crippen molar-refractivity contribution in [2.45, 2.75) is 71.1 Å². The zero-order chi connectivity index (χ0) is 13.9. The summed E-state index contributed by atoms with van der Waals surface area (Å²) in [6.07, 6.45) is 9.87. The first-order chi connectivity index (χ1) is 8.45. The van der Waals surface area contributed by atoms with E-state index < -0.39 is 16.4 Å². The van der Waals surface area contributed by atoms with Gasteiger partial charge in [0, 0.05) is 36.0 Å². The summed E-state index contributed by atoms with van der Waals surface area (Å²) < 4.78 is 34.0. The predicted molar refractivity (Wildman–Crippen MR) is 79.4 cm³/mol. The maximum absolute atomic E-state index is 10.9. The second-order valence-corrected chi connectivity index (χ2v) is 5.43. The van der Waals surface area contributed by atoms with E-state index in [0.717, 1.165) is 19.3 Å². The molecule has 0 atom stereocenters. The van der Waals surface area contributed by atoms with Gasteiger partial charge in [0.15, 0.2) is 0 Å². The van der Waals surface area contributed by atoms with Gasteiger partial charge >= 0.3 is 5.97 Å².